The molecule has 0 saturated heterocycles. The number of hydrogen-bond donors (Lipinski definition) is 0. The fourth-order valence-corrected chi connectivity index (χ4v) is 2.56. The number of aryl methyl sites for hydroxylation is 1. The van der Waals surface area contributed by atoms with Crippen LogP contribution in [0.15, 0.2) is 29.0 Å². The number of ether oxygens (including phenoxy) is 2. The lowest BCUT2D eigenvalue weighted by molar-refractivity contribution is 0.267. The van der Waals surface area contributed by atoms with Gasteiger partial charge in [-0.3, -0.25) is 4.68 Å². The minimum absolute atomic E-state index is 0.432. The second-order valence-electron chi connectivity index (χ2n) is 4.28. The van der Waals surface area contributed by atoms with Crippen molar-refractivity contribution in [3.8, 4) is 11.5 Å². The van der Waals surface area contributed by atoms with Crippen molar-refractivity contribution in [3.05, 3.63) is 40.1 Å². The molecular formula is C14H16BrClN2O2. The van der Waals surface area contributed by atoms with E-state index in [9.17, 15) is 0 Å². The van der Waals surface area contributed by atoms with E-state index in [0.717, 1.165) is 15.6 Å². The smallest absolute Gasteiger partial charge is 0.175 e. The molecule has 1 heterocycles. The van der Waals surface area contributed by atoms with Crippen LogP contribution in [0.25, 0.3) is 0 Å². The fraction of sp³-hybridized carbons (Fsp3) is 0.357. The molecule has 0 aliphatic heterocycles. The number of hydrogen-bond acceptors (Lipinski definition) is 3. The Labute approximate surface area is 131 Å². The summed E-state index contributed by atoms with van der Waals surface area (Å²) in [6.07, 6.45) is 3.70. The molecule has 0 saturated carbocycles. The van der Waals surface area contributed by atoms with E-state index in [1.54, 1.807) is 10.9 Å². The minimum Gasteiger partial charge on any atom is -0.490 e. The van der Waals surface area contributed by atoms with Gasteiger partial charge in [0.25, 0.3) is 0 Å². The molecule has 0 aliphatic rings. The Morgan fingerprint density at radius 3 is 2.70 bits per heavy atom. The monoisotopic (exact) mass is 358 g/mol. The summed E-state index contributed by atoms with van der Waals surface area (Å²) in [7, 11) is 1.88. The summed E-state index contributed by atoms with van der Waals surface area (Å²) in [5, 5.41) is 4.11. The van der Waals surface area contributed by atoms with E-state index >= 15 is 0 Å². The Kier molecular flexibility index (Phi) is 5.31. The molecule has 1 aromatic heterocycles. The van der Waals surface area contributed by atoms with Gasteiger partial charge in [0.15, 0.2) is 11.5 Å². The molecule has 0 atom stereocenters. The molecule has 0 fully saturated rings. The zero-order valence-electron chi connectivity index (χ0n) is 11.4. The van der Waals surface area contributed by atoms with E-state index in [1.807, 2.05) is 32.3 Å². The highest BCUT2D eigenvalue weighted by Gasteiger charge is 2.12. The predicted octanol–water partition coefficient (Wildman–Crippen LogP) is 3.90. The third kappa shape index (κ3) is 3.67. The number of rotatable bonds is 6. The summed E-state index contributed by atoms with van der Waals surface area (Å²) >= 11 is 9.37. The molecule has 1 aromatic carbocycles. The largest absolute Gasteiger partial charge is 0.490 e. The number of benzene rings is 1. The standard InChI is InChI=1S/C14H16BrClN2O2/c1-3-19-13-5-10(6-16)4-12(15)14(13)20-9-11-7-17-18(2)8-11/h4-5,7-8H,3,6,9H2,1-2H3. The first kappa shape index (κ1) is 15.2. The molecule has 6 heteroatoms. The molecule has 4 nitrogen and oxygen atoms in total. The summed E-state index contributed by atoms with van der Waals surface area (Å²) in [5.41, 5.74) is 1.99. The molecule has 0 bridgehead atoms. The van der Waals surface area contributed by atoms with Crippen LogP contribution in [0.3, 0.4) is 0 Å². The highest BCUT2D eigenvalue weighted by atomic mass is 79.9. The molecule has 0 amide bonds. The summed E-state index contributed by atoms with van der Waals surface area (Å²) < 4.78 is 14.1. The number of nitrogens with zero attached hydrogens (tertiary/aromatic N) is 2. The van der Waals surface area contributed by atoms with Crippen molar-refractivity contribution < 1.29 is 9.47 Å². The van der Waals surface area contributed by atoms with Crippen molar-refractivity contribution in [1.82, 2.24) is 9.78 Å². The first-order chi connectivity index (χ1) is 9.63. The highest BCUT2D eigenvalue weighted by Crippen LogP contribution is 2.37. The van der Waals surface area contributed by atoms with Gasteiger partial charge in [-0.2, -0.15) is 5.10 Å². The van der Waals surface area contributed by atoms with Crippen LogP contribution < -0.4 is 9.47 Å². The zero-order valence-corrected chi connectivity index (χ0v) is 13.7. The number of aromatic nitrogens is 2. The van der Waals surface area contributed by atoms with E-state index in [1.165, 1.54) is 0 Å². The molecule has 0 unspecified atom stereocenters. The topological polar surface area (TPSA) is 36.3 Å². The van der Waals surface area contributed by atoms with Gasteiger partial charge in [0, 0.05) is 24.7 Å². The lowest BCUT2D eigenvalue weighted by Crippen LogP contribution is -2.01. The maximum Gasteiger partial charge on any atom is 0.175 e. The fourth-order valence-electron chi connectivity index (χ4n) is 1.80. The average molecular weight is 360 g/mol. The quantitative estimate of drug-likeness (QED) is 0.734. The number of halogens is 2. The summed E-state index contributed by atoms with van der Waals surface area (Å²) in [6, 6.07) is 3.84. The Morgan fingerprint density at radius 2 is 2.10 bits per heavy atom. The number of alkyl halides is 1. The second kappa shape index (κ2) is 6.99. The van der Waals surface area contributed by atoms with Gasteiger partial charge in [0.1, 0.15) is 6.61 Å². The van der Waals surface area contributed by atoms with Crippen molar-refractivity contribution >= 4 is 27.5 Å². The van der Waals surface area contributed by atoms with Crippen LogP contribution in [0.1, 0.15) is 18.1 Å². The Balaban J connectivity index is 2.20. The van der Waals surface area contributed by atoms with E-state index in [4.69, 9.17) is 21.1 Å². The average Bonchev–Trinajstić information content (AvgIpc) is 2.83. The van der Waals surface area contributed by atoms with E-state index in [2.05, 4.69) is 21.0 Å². The first-order valence-corrected chi connectivity index (χ1v) is 7.58. The van der Waals surface area contributed by atoms with E-state index in [0.29, 0.717) is 30.6 Å². The lowest BCUT2D eigenvalue weighted by Gasteiger charge is -2.14. The van der Waals surface area contributed by atoms with Gasteiger partial charge in [-0.15, -0.1) is 11.6 Å². The normalized spacial score (nSPS) is 10.6. The van der Waals surface area contributed by atoms with Gasteiger partial charge < -0.3 is 9.47 Å². The van der Waals surface area contributed by atoms with Crippen LogP contribution in [-0.4, -0.2) is 16.4 Å². The van der Waals surface area contributed by atoms with Crippen LogP contribution in [0.5, 0.6) is 11.5 Å². The second-order valence-corrected chi connectivity index (χ2v) is 5.40. The minimum atomic E-state index is 0.432. The molecule has 0 aliphatic carbocycles. The van der Waals surface area contributed by atoms with Crippen molar-refractivity contribution in [2.24, 2.45) is 7.05 Å². The molecule has 108 valence electrons. The van der Waals surface area contributed by atoms with Crippen molar-refractivity contribution in [2.75, 3.05) is 6.61 Å². The molecule has 0 radical (unpaired) electrons. The Hall–Kier alpha value is -1.20. The van der Waals surface area contributed by atoms with Crippen LogP contribution in [0.4, 0.5) is 0 Å². The SMILES string of the molecule is CCOc1cc(CCl)cc(Br)c1OCc1cnn(C)c1. The molecular weight excluding hydrogens is 344 g/mol. The van der Waals surface area contributed by atoms with Gasteiger partial charge in [0.05, 0.1) is 17.3 Å². The van der Waals surface area contributed by atoms with Crippen molar-refractivity contribution in [1.29, 1.82) is 0 Å². The van der Waals surface area contributed by atoms with E-state index < -0.39 is 0 Å². The van der Waals surface area contributed by atoms with Gasteiger partial charge >= 0.3 is 0 Å². The third-order valence-corrected chi connectivity index (χ3v) is 3.56. The van der Waals surface area contributed by atoms with Crippen LogP contribution in [-0.2, 0) is 19.5 Å². The lowest BCUT2D eigenvalue weighted by atomic mass is 10.2. The van der Waals surface area contributed by atoms with Crippen LogP contribution >= 0.6 is 27.5 Å². The van der Waals surface area contributed by atoms with Crippen LogP contribution in [0.2, 0.25) is 0 Å². The molecule has 0 spiro atoms. The molecule has 2 aromatic rings. The maximum absolute atomic E-state index is 5.87. The van der Waals surface area contributed by atoms with Gasteiger partial charge in [0.2, 0.25) is 0 Å². The van der Waals surface area contributed by atoms with Gasteiger partial charge in [-0.05, 0) is 40.5 Å². The molecule has 0 N–H and O–H groups in total. The van der Waals surface area contributed by atoms with Crippen molar-refractivity contribution in [2.45, 2.75) is 19.4 Å². The summed E-state index contributed by atoms with van der Waals surface area (Å²) in [6.45, 7) is 2.94. The Morgan fingerprint density at radius 1 is 1.30 bits per heavy atom. The summed E-state index contributed by atoms with van der Waals surface area (Å²) in [4.78, 5) is 0. The zero-order chi connectivity index (χ0) is 14.5. The van der Waals surface area contributed by atoms with Crippen molar-refractivity contribution in [3.63, 3.8) is 0 Å². The Bertz CT molecular complexity index is 587. The third-order valence-electron chi connectivity index (χ3n) is 2.66. The van der Waals surface area contributed by atoms with Gasteiger partial charge in [-0.25, -0.2) is 0 Å². The highest BCUT2D eigenvalue weighted by molar-refractivity contribution is 9.10. The molecule has 20 heavy (non-hydrogen) atoms. The van der Waals surface area contributed by atoms with Gasteiger partial charge in [-0.1, -0.05) is 0 Å². The summed E-state index contributed by atoms with van der Waals surface area (Å²) in [5.74, 6) is 1.81. The first-order valence-electron chi connectivity index (χ1n) is 6.25. The maximum atomic E-state index is 5.87. The van der Waals surface area contributed by atoms with Crippen LogP contribution in [0, 0.1) is 0 Å². The van der Waals surface area contributed by atoms with E-state index in [-0.39, 0.29) is 0 Å². The predicted molar refractivity (Wildman–Crippen MR) is 82.4 cm³/mol. The molecule has 2 rings (SSSR count).